The van der Waals surface area contributed by atoms with E-state index in [9.17, 15) is 21.6 Å². The normalized spacial score (nSPS) is 15.9. The molecule has 0 N–H and O–H groups in total. The summed E-state index contributed by atoms with van der Waals surface area (Å²) in [6, 6.07) is 0. The molecule has 82 valence electrons. The van der Waals surface area contributed by atoms with E-state index in [-0.39, 0.29) is 0 Å². The highest BCUT2D eigenvalue weighted by molar-refractivity contribution is 7.96. The summed E-state index contributed by atoms with van der Waals surface area (Å²) in [5.41, 5.74) is -4.75. The maximum absolute atomic E-state index is 12.0. The van der Waals surface area contributed by atoms with Crippen molar-refractivity contribution in [1.82, 2.24) is 0 Å². The van der Waals surface area contributed by atoms with Gasteiger partial charge in [-0.15, -0.1) is 0 Å². The van der Waals surface area contributed by atoms with Gasteiger partial charge in [-0.25, -0.2) is 8.42 Å². The highest BCUT2D eigenvalue weighted by Crippen LogP contribution is 2.29. The standard InChI is InChI=1S/C8H11F3O2S/c1-4-6(2)5-7(3)14(12,13)8(9,10)11/h4-5H,1-3H3/b6-4-,7-5+. The highest BCUT2D eigenvalue weighted by Gasteiger charge is 2.46. The van der Waals surface area contributed by atoms with Crippen LogP contribution in [0.1, 0.15) is 20.8 Å². The second-order valence-electron chi connectivity index (χ2n) is 2.74. The summed E-state index contributed by atoms with van der Waals surface area (Å²) in [6.45, 7) is 4.06. The van der Waals surface area contributed by atoms with Crippen molar-refractivity contribution >= 4 is 9.84 Å². The molecule has 0 fully saturated rings. The molecule has 0 radical (unpaired) electrons. The van der Waals surface area contributed by atoms with E-state index in [4.69, 9.17) is 0 Å². The van der Waals surface area contributed by atoms with E-state index in [2.05, 4.69) is 0 Å². The molecule has 14 heavy (non-hydrogen) atoms. The minimum absolute atomic E-state index is 0.468. The van der Waals surface area contributed by atoms with Crippen LogP contribution in [0.5, 0.6) is 0 Å². The fraction of sp³-hybridized carbons (Fsp3) is 0.500. The Morgan fingerprint density at radius 2 is 1.64 bits per heavy atom. The molecule has 0 atom stereocenters. The summed E-state index contributed by atoms with van der Waals surface area (Å²) < 4.78 is 57.5. The molecule has 0 bridgehead atoms. The van der Waals surface area contributed by atoms with Crippen LogP contribution in [0, 0.1) is 0 Å². The number of hydrogen-bond acceptors (Lipinski definition) is 2. The fourth-order valence-corrected chi connectivity index (χ4v) is 1.37. The van der Waals surface area contributed by atoms with Crippen LogP contribution in [0.4, 0.5) is 13.2 Å². The number of hydrogen-bond donors (Lipinski definition) is 0. The second kappa shape index (κ2) is 4.16. The molecule has 0 aromatic carbocycles. The van der Waals surface area contributed by atoms with Gasteiger partial charge < -0.3 is 0 Å². The lowest BCUT2D eigenvalue weighted by atomic mass is 10.3. The van der Waals surface area contributed by atoms with Crippen LogP contribution in [0.15, 0.2) is 22.6 Å². The van der Waals surface area contributed by atoms with Crippen molar-refractivity contribution in [3.8, 4) is 0 Å². The summed E-state index contributed by atoms with van der Waals surface area (Å²) in [5.74, 6) is 0. The lowest BCUT2D eigenvalue weighted by Gasteiger charge is -2.07. The maximum atomic E-state index is 12.0. The molecule has 0 aliphatic rings. The Morgan fingerprint density at radius 3 is 1.93 bits per heavy atom. The van der Waals surface area contributed by atoms with E-state index in [1.807, 2.05) is 0 Å². The van der Waals surface area contributed by atoms with Crippen molar-refractivity contribution in [3.63, 3.8) is 0 Å². The predicted octanol–water partition coefficient (Wildman–Crippen LogP) is 2.79. The van der Waals surface area contributed by atoms with Gasteiger partial charge in [0.1, 0.15) is 0 Å². The molecule has 0 heterocycles. The van der Waals surface area contributed by atoms with Crippen LogP contribution in [-0.4, -0.2) is 13.9 Å². The van der Waals surface area contributed by atoms with E-state index in [0.717, 1.165) is 13.0 Å². The first-order valence-electron chi connectivity index (χ1n) is 3.75. The summed E-state index contributed by atoms with van der Waals surface area (Å²) in [6.07, 6.45) is 2.51. The Morgan fingerprint density at radius 1 is 1.21 bits per heavy atom. The molecule has 0 amide bonds. The Bertz CT molecular complexity index is 361. The van der Waals surface area contributed by atoms with Crippen molar-refractivity contribution in [3.05, 3.63) is 22.6 Å². The third-order valence-electron chi connectivity index (χ3n) is 1.61. The van der Waals surface area contributed by atoms with E-state index < -0.39 is 20.3 Å². The monoisotopic (exact) mass is 228 g/mol. The molecule has 0 unspecified atom stereocenters. The predicted molar refractivity (Wildman–Crippen MR) is 48.2 cm³/mol. The van der Waals surface area contributed by atoms with Crippen molar-refractivity contribution in [1.29, 1.82) is 0 Å². The van der Waals surface area contributed by atoms with Crippen LogP contribution < -0.4 is 0 Å². The van der Waals surface area contributed by atoms with Gasteiger partial charge in [0.15, 0.2) is 0 Å². The summed E-state index contributed by atoms with van der Waals surface area (Å²) in [7, 11) is -5.16. The van der Waals surface area contributed by atoms with Gasteiger partial charge >= 0.3 is 5.51 Å². The number of alkyl halides is 3. The van der Waals surface area contributed by atoms with Crippen LogP contribution in [-0.2, 0) is 9.84 Å². The van der Waals surface area contributed by atoms with Gasteiger partial charge in [-0.05, 0) is 26.8 Å². The Labute approximate surface area is 81.0 Å². The first-order chi connectivity index (χ1) is 6.13. The molecule has 0 rings (SSSR count). The molecule has 0 aliphatic carbocycles. The maximum Gasteiger partial charge on any atom is 0.501 e. The van der Waals surface area contributed by atoms with E-state index >= 15 is 0 Å². The topological polar surface area (TPSA) is 34.1 Å². The highest BCUT2D eigenvalue weighted by atomic mass is 32.2. The SMILES string of the molecule is C/C=C(C)\C=C(/C)S(=O)(=O)C(F)(F)F. The molecule has 0 aromatic heterocycles. The zero-order chi connectivity index (χ0) is 11.6. The molecular formula is C8H11F3O2S. The van der Waals surface area contributed by atoms with Crippen molar-refractivity contribution in [2.75, 3.05) is 0 Å². The minimum atomic E-state index is -5.22. The number of sulfone groups is 1. The molecule has 0 saturated heterocycles. The Kier molecular flexibility index (Phi) is 3.93. The van der Waals surface area contributed by atoms with Crippen LogP contribution >= 0.6 is 0 Å². The largest absolute Gasteiger partial charge is 0.501 e. The lowest BCUT2D eigenvalue weighted by molar-refractivity contribution is -0.0426. The quantitative estimate of drug-likeness (QED) is 0.681. The third kappa shape index (κ3) is 2.87. The van der Waals surface area contributed by atoms with Gasteiger partial charge in [0.25, 0.3) is 9.84 Å². The lowest BCUT2D eigenvalue weighted by Crippen LogP contribution is -2.23. The van der Waals surface area contributed by atoms with Crippen LogP contribution in [0.3, 0.4) is 0 Å². The van der Waals surface area contributed by atoms with Gasteiger partial charge in [0.2, 0.25) is 0 Å². The smallest absolute Gasteiger partial charge is 0.215 e. The Balaban J connectivity index is 5.27. The molecule has 0 spiro atoms. The first kappa shape index (κ1) is 13.2. The summed E-state index contributed by atoms with van der Waals surface area (Å²) in [5, 5.41) is 0. The zero-order valence-corrected chi connectivity index (χ0v) is 8.83. The Hall–Kier alpha value is -0.780. The first-order valence-corrected chi connectivity index (χ1v) is 5.24. The molecule has 0 saturated carbocycles. The van der Waals surface area contributed by atoms with E-state index in [1.54, 1.807) is 6.92 Å². The van der Waals surface area contributed by atoms with E-state index in [0.29, 0.717) is 5.57 Å². The van der Waals surface area contributed by atoms with E-state index in [1.165, 1.54) is 13.0 Å². The number of allylic oxidation sites excluding steroid dienone is 4. The molecule has 0 aromatic rings. The summed E-state index contributed by atoms with van der Waals surface area (Å²) in [4.78, 5) is -0.694. The summed E-state index contributed by atoms with van der Waals surface area (Å²) >= 11 is 0. The molecule has 6 heteroatoms. The zero-order valence-electron chi connectivity index (χ0n) is 8.01. The van der Waals surface area contributed by atoms with Gasteiger partial charge in [-0.1, -0.05) is 11.6 Å². The van der Waals surface area contributed by atoms with Gasteiger partial charge in [-0.2, -0.15) is 13.2 Å². The van der Waals surface area contributed by atoms with Crippen molar-refractivity contribution < 1.29 is 21.6 Å². The minimum Gasteiger partial charge on any atom is -0.215 e. The average Bonchev–Trinajstić information content (AvgIpc) is 2.01. The number of rotatable bonds is 2. The van der Waals surface area contributed by atoms with Gasteiger partial charge in [-0.3, -0.25) is 0 Å². The van der Waals surface area contributed by atoms with Crippen molar-refractivity contribution in [2.45, 2.75) is 26.3 Å². The average molecular weight is 228 g/mol. The third-order valence-corrected chi connectivity index (χ3v) is 3.19. The molecule has 0 aliphatic heterocycles. The fourth-order valence-electron chi connectivity index (χ4n) is 0.664. The van der Waals surface area contributed by atoms with Gasteiger partial charge in [0.05, 0.1) is 4.91 Å². The van der Waals surface area contributed by atoms with Gasteiger partial charge in [0, 0.05) is 0 Å². The number of halogens is 3. The second-order valence-corrected chi connectivity index (χ2v) is 4.85. The van der Waals surface area contributed by atoms with Crippen LogP contribution in [0.2, 0.25) is 0 Å². The molecule has 2 nitrogen and oxygen atoms in total. The molecular weight excluding hydrogens is 217 g/mol. The van der Waals surface area contributed by atoms with Crippen LogP contribution in [0.25, 0.3) is 0 Å². The van der Waals surface area contributed by atoms with Crippen molar-refractivity contribution in [2.24, 2.45) is 0 Å².